The smallest absolute Gasteiger partial charge is 0.149 e. The molecule has 0 saturated carbocycles. The van der Waals surface area contributed by atoms with Crippen LogP contribution < -0.4 is 0 Å². The summed E-state index contributed by atoms with van der Waals surface area (Å²) in [5.74, 6) is 0. The number of fused-ring (bicyclic) bond motifs is 1. The first-order valence-corrected chi connectivity index (χ1v) is 5.02. The molecule has 15 heavy (non-hydrogen) atoms. The maximum absolute atomic E-state index is 8.52. The van der Waals surface area contributed by atoms with Gasteiger partial charge in [-0.05, 0) is 16.3 Å². The van der Waals surface area contributed by atoms with Crippen LogP contribution in [-0.4, -0.2) is 10.4 Å². The Hall–Kier alpha value is -1.54. The van der Waals surface area contributed by atoms with E-state index in [1.54, 1.807) is 0 Å². The Balaban J connectivity index is 2.51. The van der Waals surface area contributed by atoms with Crippen LogP contribution in [0.4, 0.5) is 0 Å². The highest BCUT2D eigenvalue weighted by molar-refractivity contribution is 6.65. The van der Waals surface area contributed by atoms with Gasteiger partial charge in [-0.3, -0.25) is 0 Å². The van der Waals surface area contributed by atoms with E-state index in [2.05, 4.69) is 5.16 Å². The molecule has 3 heteroatoms. The summed E-state index contributed by atoms with van der Waals surface area (Å²) in [5.41, 5.74) is 1.07. The normalized spacial score (nSPS) is 11.9. The summed E-state index contributed by atoms with van der Waals surface area (Å²) in [4.78, 5) is 0. The molecule has 0 radical (unpaired) electrons. The summed E-state index contributed by atoms with van der Waals surface area (Å²) >= 11 is 5.70. The number of halogens is 1. The predicted octanol–water partition coefficient (Wildman–Crippen LogP) is 3.41. The highest BCUT2D eigenvalue weighted by Gasteiger charge is 2.02. The number of hydrogen-bond donors (Lipinski definition) is 1. The van der Waals surface area contributed by atoms with Crippen LogP contribution in [-0.2, 0) is 6.42 Å². The molecule has 0 unspecified atom stereocenters. The zero-order valence-electron chi connectivity index (χ0n) is 8.02. The lowest BCUT2D eigenvalue weighted by Crippen LogP contribution is -1.95. The summed E-state index contributed by atoms with van der Waals surface area (Å²) in [7, 11) is 0. The molecule has 2 rings (SSSR count). The molecular weight excluding hydrogens is 210 g/mol. The molecule has 2 aromatic carbocycles. The lowest BCUT2D eigenvalue weighted by atomic mass is 10.0. The molecule has 0 spiro atoms. The summed E-state index contributed by atoms with van der Waals surface area (Å²) in [6, 6.07) is 14.1. The quantitative estimate of drug-likeness (QED) is 0.469. The number of hydrogen-bond acceptors (Lipinski definition) is 2. The van der Waals surface area contributed by atoms with Gasteiger partial charge in [-0.2, -0.15) is 0 Å². The van der Waals surface area contributed by atoms with Crippen molar-refractivity contribution in [1.82, 2.24) is 0 Å². The van der Waals surface area contributed by atoms with Gasteiger partial charge < -0.3 is 5.21 Å². The molecule has 0 saturated heterocycles. The van der Waals surface area contributed by atoms with Gasteiger partial charge in [0.1, 0.15) is 5.17 Å². The molecule has 0 bridgehead atoms. The minimum absolute atomic E-state index is 0.200. The predicted molar refractivity (Wildman–Crippen MR) is 62.7 cm³/mol. The summed E-state index contributed by atoms with van der Waals surface area (Å²) in [6.07, 6.45) is 0.458. The average Bonchev–Trinajstić information content (AvgIpc) is 2.29. The molecule has 2 aromatic rings. The van der Waals surface area contributed by atoms with E-state index in [1.807, 2.05) is 42.5 Å². The van der Waals surface area contributed by atoms with Crippen molar-refractivity contribution < 1.29 is 5.21 Å². The Bertz CT molecular complexity index is 502. The van der Waals surface area contributed by atoms with Crippen molar-refractivity contribution in [2.75, 3.05) is 0 Å². The van der Waals surface area contributed by atoms with Gasteiger partial charge >= 0.3 is 0 Å². The van der Waals surface area contributed by atoms with Crippen LogP contribution in [0.1, 0.15) is 5.56 Å². The summed E-state index contributed by atoms with van der Waals surface area (Å²) in [6.45, 7) is 0. The second-order valence-corrected chi connectivity index (χ2v) is 3.73. The van der Waals surface area contributed by atoms with Crippen molar-refractivity contribution in [3.8, 4) is 0 Å². The number of oxime groups is 1. The second kappa shape index (κ2) is 4.32. The lowest BCUT2D eigenvalue weighted by Gasteiger charge is -2.04. The molecule has 2 nitrogen and oxygen atoms in total. The van der Waals surface area contributed by atoms with Crippen LogP contribution in [0.25, 0.3) is 10.8 Å². The van der Waals surface area contributed by atoms with Gasteiger partial charge in [-0.15, -0.1) is 0 Å². The highest BCUT2D eigenvalue weighted by Crippen LogP contribution is 2.19. The minimum atomic E-state index is 0.200. The zero-order valence-corrected chi connectivity index (χ0v) is 8.78. The van der Waals surface area contributed by atoms with Gasteiger partial charge in [0.2, 0.25) is 0 Å². The number of benzene rings is 2. The Labute approximate surface area is 92.8 Å². The zero-order chi connectivity index (χ0) is 10.7. The fraction of sp³-hybridized carbons (Fsp3) is 0.0833. The van der Waals surface area contributed by atoms with Crippen molar-refractivity contribution in [2.24, 2.45) is 5.16 Å². The fourth-order valence-electron chi connectivity index (χ4n) is 1.64. The minimum Gasteiger partial charge on any atom is -0.410 e. The lowest BCUT2D eigenvalue weighted by molar-refractivity contribution is 0.319. The third-order valence-corrected chi connectivity index (χ3v) is 2.53. The van der Waals surface area contributed by atoms with Crippen molar-refractivity contribution >= 4 is 27.5 Å². The van der Waals surface area contributed by atoms with Crippen LogP contribution in [0.15, 0.2) is 47.6 Å². The second-order valence-electron chi connectivity index (χ2n) is 3.29. The van der Waals surface area contributed by atoms with Crippen LogP contribution in [0.5, 0.6) is 0 Å². The molecule has 76 valence electrons. The van der Waals surface area contributed by atoms with Gasteiger partial charge in [-0.25, -0.2) is 0 Å². The Kier molecular flexibility index (Phi) is 2.88. The van der Waals surface area contributed by atoms with Crippen LogP contribution >= 0.6 is 11.6 Å². The van der Waals surface area contributed by atoms with Gasteiger partial charge in [0.05, 0.1) is 0 Å². The van der Waals surface area contributed by atoms with Crippen LogP contribution in [0, 0.1) is 0 Å². The van der Waals surface area contributed by atoms with E-state index in [9.17, 15) is 0 Å². The Morgan fingerprint density at radius 1 is 1.13 bits per heavy atom. The van der Waals surface area contributed by atoms with E-state index in [4.69, 9.17) is 16.8 Å². The molecule has 0 aliphatic rings. The fourth-order valence-corrected chi connectivity index (χ4v) is 1.78. The monoisotopic (exact) mass is 219 g/mol. The highest BCUT2D eigenvalue weighted by atomic mass is 35.5. The first-order valence-electron chi connectivity index (χ1n) is 4.64. The Morgan fingerprint density at radius 2 is 1.87 bits per heavy atom. The largest absolute Gasteiger partial charge is 0.410 e. The molecule has 0 atom stereocenters. The maximum Gasteiger partial charge on any atom is 0.149 e. The maximum atomic E-state index is 8.52. The molecule has 1 N–H and O–H groups in total. The third-order valence-electron chi connectivity index (χ3n) is 2.32. The van der Waals surface area contributed by atoms with E-state index in [1.165, 1.54) is 0 Å². The summed E-state index contributed by atoms with van der Waals surface area (Å²) < 4.78 is 0. The van der Waals surface area contributed by atoms with Crippen molar-refractivity contribution in [3.63, 3.8) is 0 Å². The van der Waals surface area contributed by atoms with Crippen molar-refractivity contribution in [2.45, 2.75) is 6.42 Å². The molecule has 0 fully saturated rings. The van der Waals surface area contributed by atoms with Crippen LogP contribution in [0.3, 0.4) is 0 Å². The third kappa shape index (κ3) is 2.10. The molecule has 0 aliphatic heterocycles. The molecular formula is C12H10ClNO. The van der Waals surface area contributed by atoms with E-state index in [-0.39, 0.29) is 5.17 Å². The first-order chi connectivity index (χ1) is 7.31. The molecule has 0 amide bonds. The van der Waals surface area contributed by atoms with Crippen molar-refractivity contribution in [1.29, 1.82) is 0 Å². The van der Waals surface area contributed by atoms with E-state index in [0.29, 0.717) is 6.42 Å². The SMILES string of the molecule is O/N=C(\Cl)Cc1cccc2ccccc12. The van der Waals surface area contributed by atoms with Gasteiger partial charge in [0, 0.05) is 6.42 Å². The number of nitrogens with zero attached hydrogens (tertiary/aromatic N) is 1. The standard InChI is InChI=1S/C12H10ClNO/c13-12(14-15)8-10-6-3-5-9-4-1-2-7-11(9)10/h1-7,15H,8H2/b14-12-. The van der Waals surface area contributed by atoms with E-state index < -0.39 is 0 Å². The van der Waals surface area contributed by atoms with E-state index >= 15 is 0 Å². The van der Waals surface area contributed by atoms with Gasteiger partial charge in [-0.1, -0.05) is 59.2 Å². The molecule has 0 heterocycles. The first kappa shape index (κ1) is 9.99. The van der Waals surface area contributed by atoms with Crippen LogP contribution in [0.2, 0.25) is 0 Å². The van der Waals surface area contributed by atoms with E-state index in [0.717, 1.165) is 16.3 Å². The molecule has 0 aromatic heterocycles. The summed E-state index contributed by atoms with van der Waals surface area (Å²) in [5, 5.41) is 14.0. The average molecular weight is 220 g/mol. The topological polar surface area (TPSA) is 32.6 Å². The Morgan fingerprint density at radius 3 is 2.67 bits per heavy atom. The number of rotatable bonds is 2. The van der Waals surface area contributed by atoms with Gasteiger partial charge in [0.15, 0.2) is 0 Å². The van der Waals surface area contributed by atoms with Crippen molar-refractivity contribution in [3.05, 3.63) is 48.0 Å². The molecule has 0 aliphatic carbocycles. The van der Waals surface area contributed by atoms with Gasteiger partial charge in [0.25, 0.3) is 0 Å².